The van der Waals surface area contributed by atoms with E-state index < -0.39 is 0 Å². The van der Waals surface area contributed by atoms with Gasteiger partial charge < -0.3 is 14.4 Å². The highest BCUT2D eigenvalue weighted by Gasteiger charge is 2.22. The molecule has 134 valence electrons. The maximum absolute atomic E-state index is 5.79. The van der Waals surface area contributed by atoms with Crippen LogP contribution >= 0.6 is 0 Å². The first kappa shape index (κ1) is 17.8. The van der Waals surface area contributed by atoms with Crippen molar-refractivity contribution in [2.45, 2.75) is 31.8 Å². The lowest BCUT2D eigenvalue weighted by atomic mass is 9.94. The largest absolute Gasteiger partial charge is 0.494 e. The molecule has 5 nitrogen and oxygen atoms in total. The third kappa shape index (κ3) is 5.51. The highest BCUT2D eigenvalue weighted by molar-refractivity contribution is 5.20. The molecule has 0 radical (unpaired) electrons. The lowest BCUT2D eigenvalue weighted by Gasteiger charge is -2.32. The molecule has 1 fully saturated rings. The van der Waals surface area contributed by atoms with E-state index in [1.165, 1.54) is 12.8 Å². The first-order chi connectivity index (χ1) is 12.3. The summed E-state index contributed by atoms with van der Waals surface area (Å²) in [7, 11) is 1.68. The van der Waals surface area contributed by atoms with E-state index in [2.05, 4.69) is 14.9 Å². The molecular weight excluding hydrogens is 314 g/mol. The normalized spacial score (nSPS) is 18.2. The number of aromatic nitrogens is 2. The quantitative estimate of drug-likeness (QED) is 0.690. The van der Waals surface area contributed by atoms with Crippen LogP contribution in [0, 0.1) is 0 Å². The van der Waals surface area contributed by atoms with Crippen molar-refractivity contribution < 1.29 is 9.47 Å². The Morgan fingerprint density at radius 3 is 2.92 bits per heavy atom. The molecule has 0 spiro atoms. The molecule has 2 aromatic rings. The van der Waals surface area contributed by atoms with Gasteiger partial charge in [-0.3, -0.25) is 0 Å². The second-order valence-corrected chi connectivity index (χ2v) is 6.49. The van der Waals surface area contributed by atoms with E-state index in [-0.39, 0.29) is 0 Å². The van der Waals surface area contributed by atoms with Gasteiger partial charge in [0.1, 0.15) is 12.4 Å². The minimum atomic E-state index is 0.473. The van der Waals surface area contributed by atoms with Gasteiger partial charge in [0.2, 0.25) is 0 Å². The van der Waals surface area contributed by atoms with Gasteiger partial charge in [0, 0.05) is 38.0 Å². The van der Waals surface area contributed by atoms with Crippen molar-refractivity contribution in [3.05, 3.63) is 54.1 Å². The van der Waals surface area contributed by atoms with Crippen molar-refractivity contribution in [2.75, 3.05) is 33.4 Å². The van der Waals surface area contributed by atoms with Crippen LogP contribution in [0.2, 0.25) is 0 Å². The van der Waals surface area contributed by atoms with Crippen molar-refractivity contribution in [2.24, 2.45) is 0 Å². The van der Waals surface area contributed by atoms with Gasteiger partial charge in [-0.2, -0.15) is 0 Å². The number of methoxy groups -OCH3 is 1. The smallest absolute Gasteiger partial charge is 0.154 e. The van der Waals surface area contributed by atoms with E-state index in [4.69, 9.17) is 9.47 Å². The minimum Gasteiger partial charge on any atom is -0.494 e. The molecular formula is C20H27N3O2. The number of rotatable bonds is 8. The monoisotopic (exact) mass is 341 g/mol. The number of para-hydroxylation sites is 1. The van der Waals surface area contributed by atoms with Crippen LogP contribution in [0.15, 0.2) is 42.6 Å². The summed E-state index contributed by atoms with van der Waals surface area (Å²) in [6.45, 7) is 4.53. The first-order valence-electron chi connectivity index (χ1n) is 9.06. The molecule has 0 amide bonds. The first-order valence-corrected chi connectivity index (χ1v) is 9.06. The molecule has 1 aliphatic heterocycles. The Balaban J connectivity index is 1.45. The van der Waals surface area contributed by atoms with E-state index in [9.17, 15) is 0 Å². The number of hydrogen-bond donors (Lipinski definition) is 0. The number of benzene rings is 1. The lowest BCUT2D eigenvalue weighted by Crippen LogP contribution is -2.36. The molecule has 0 bridgehead atoms. The van der Waals surface area contributed by atoms with Gasteiger partial charge >= 0.3 is 0 Å². The molecule has 5 heteroatoms. The average Bonchev–Trinajstić information content (AvgIpc) is 2.67. The maximum Gasteiger partial charge on any atom is 0.154 e. The predicted octanol–water partition coefficient (Wildman–Crippen LogP) is 3.27. The Bertz CT molecular complexity index is 636. The maximum atomic E-state index is 5.79. The number of likely N-dealkylation sites (tertiary alicyclic amines) is 1. The van der Waals surface area contributed by atoms with Gasteiger partial charge in [-0.15, -0.1) is 0 Å². The van der Waals surface area contributed by atoms with Crippen molar-refractivity contribution in [1.29, 1.82) is 0 Å². The Morgan fingerprint density at radius 2 is 2.08 bits per heavy atom. The van der Waals surface area contributed by atoms with Crippen molar-refractivity contribution in [1.82, 2.24) is 14.9 Å². The van der Waals surface area contributed by atoms with Crippen LogP contribution in [-0.4, -0.2) is 48.2 Å². The highest BCUT2D eigenvalue weighted by atomic mass is 16.5. The molecule has 25 heavy (non-hydrogen) atoms. The van der Waals surface area contributed by atoms with Crippen LogP contribution in [0.5, 0.6) is 5.75 Å². The Labute approximate surface area is 150 Å². The van der Waals surface area contributed by atoms with E-state index in [0.29, 0.717) is 12.5 Å². The van der Waals surface area contributed by atoms with Crippen LogP contribution in [0.1, 0.15) is 36.7 Å². The fraction of sp³-hybridized carbons (Fsp3) is 0.500. The molecule has 1 atom stereocenters. The van der Waals surface area contributed by atoms with Gasteiger partial charge in [-0.05, 0) is 44.0 Å². The molecule has 0 N–H and O–H groups in total. The van der Waals surface area contributed by atoms with Crippen molar-refractivity contribution in [3.8, 4) is 5.75 Å². The summed E-state index contributed by atoms with van der Waals surface area (Å²) >= 11 is 0. The summed E-state index contributed by atoms with van der Waals surface area (Å²) < 4.78 is 10.9. The summed E-state index contributed by atoms with van der Waals surface area (Å²) in [5, 5.41) is 0. The SMILES string of the molecule is COCc1nccc([C@@H]2CCCN(CCCOc3ccccc3)C2)n1. The average molecular weight is 341 g/mol. The van der Waals surface area contributed by atoms with Gasteiger partial charge in [-0.25, -0.2) is 9.97 Å². The molecule has 3 rings (SSSR count). The zero-order valence-corrected chi connectivity index (χ0v) is 14.9. The van der Waals surface area contributed by atoms with Gasteiger partial charge in [0.25, 0.3) is 0 Å². The number of nitrogens with zero attached hydrogens (tertiary/aromatic N) is 3. The van der Waals surface area contributed by atoms with Crippen LogP contribution in [0.25, 0.3) is 0 Å². The van der Waals surface area contributed by atoms with Crippen LogP contribution in [-0.2, 0) is 11.3 Å². The van der Waals surface area contributed by atoms with E-state index in [1.54, 1.807) is 7.11 Å². The van der Waals surface area contributed by atoms with Crippen LogP contribution in [0.3, 0.4) is 0 Å². The molecule has 0 unspecified atom stereocenters. The van der Waals surface area contributed by atoms with Gasteiger partial charge in [0.15, 0.2) is 5.82 Å². The number of hydrogen-bond acceptors (Lipinski definition) is 5. The topological polar surface area (TPSA) is 47.5 Å². The van der Waals surface area contributed by atoms with Crippen molar-refractivity contribution >= 4 is 0 Å². The second-order valence-electron chi connectivity index (χ2n) is 6.49. The summed E-state index contributed by atoms with van der Waals surface area (Å²) in [4.78, 5) is 11.5. The van der Waals surface area contributed by atoms with Crippen LogP contribution in [0.4, 0.5) is 0 Å². The molecule has 0 saturated carbocycles. The Hall–Kier alpha value is -1.98. The fourth-order valence-corrected chi connectivity index (χ4v) is 3.34. The zero-order valence-electron chi connectivity index (χ0n) is 14.9. The zero-order chi connectivity index (χ0) is 17.3. The number of ether oxygens (including phenoxy) is 2. The van der Waals surface area contributed by atoms with E-state index in [0.717, 1.165) is 49.9 Å². The molecule has 1 saturated heterocycles. The van der Waals surface area contributed by atoms with E-state index in [1.807, 2.05) is 42.6 Å². The molecule has 0 aliphatic carbocycles. The second kappa shape index (κ2) is 9.49. The Kier molecular flexibility index (Phi) is 6.77. The third-order valence-corrected chi connectivity index (χ3v) is 4.55. The predicted molar refractivity (Wildman–Crippen MR) is 97.7 cm³/mol. The minimum absolute atomic E-state index is 0.473. The van der Waals surface area contributed by atoms with Crippen molar-refractivity contribution in [3.63, 3.8) is 0 Å². The lowest BCUT2D eigenvalue weighted by molar-refractivity contribution is 0.175. The van der Waals surface area contributed by atoms with Gasteiger partial charge in [-0.1, -0.05) is 18.2 Å². The summed E-state index contributed by atoms with van der Waals surface area (Å²) in [6.07, 6.45) is 5.30. The molecule has 1 aromatic heterocycles. The third-order valence-electron chi connectivity index (χ3n) is 4.55. The molecule has 1 aromatic carbocycles. The summed E-state index contributed by atoms with van der Waals surface area (Å²) in [5.74, 6) is 2.21. The summed E-state index contributed by atoms with van der Waals surface area (Å²) in [6, 6.07) is 12.1. The summed E-state index contributed by atoms with van der Waals surface area (Å²) in [5.41, 5.74) is 1.15. The molecule has 1 aliphatic rings. The van der Waals surface area contributed by atoms with Gasteiger partial charge in [0.05, 0.1) is 6.61 Å². The number of piperidine rings is 1. The Morgan fingerprint density at radius 1 is 1.20 bits per heavy atom. The standard InChI is InChI=1S/C20H27N3O2/c1-24-16-20-21-11-10-19(22-20)17-7-5-12-23(15-17)13-6-14-25-18-8-3-2-4-9-18/h2-4,8-11,17H,5-7,12-16H2,1H3/t17-/m1/s1. The van der Waals surface area contributed by atoms with Crippen LogP contribution < -0.4 is 4.74 Å². The van der Waals surface area contributed by atoms with E-state index >= 15 is 0 Å². The highest BCUT2D eigenvalue weighted by Crippen LogP contribution is 2.25. The molecule has 2 heterocycles. The fourth-order valence-electron chi connectivity index (χ4n) is 3.34.